The van der Waals surface area contributed by atoms with E-state index in [2.05, 4.69) is 4.98 Å². The van der Waals surface area contributed by atoms with Gasteiger partial charge in [-0.15, -0.1) is 0 Å². The lowest BCUT2D eigenvalue weighted by molar-refractivity contribution is 0.0693. The van der Waals surface area contributed by atoms with Crippen LogP contribution >= 0.6 is 0 Å². The number of aromatic carboxylic acids is 1. The molecule has 1 aliphatic rings. The van der Waals surface area contributed by atoms with Gasteiger partial charge in [-0.2, -0.15) is 0 Å². The average molecular weight is 354 g/mol. The van der Waals surface area contributed by atoms with Gasteiger partial charge in [-0.3, -0.25) is 9.59 Å². The van der Waals surface area contributed by atoms with Gasteiger partial charge in [0.2, 0.25) is 5.56 Å². The van der Waals surface area contributed by atoms with E-state index in [1.807, 2.05) is 19.1 Å². The van der Waals surface area contributed by atoms with Crippen LogP contribution in [0.4, 0.5) is 0 Å². The number of piperidine rings is 1. The number of rotatable bonds is 4. The summed E-state index contributed by atoms with van der Waals surface area (Å²) in [6.45, 7) is 3.16. The lowest BCUT2D eigenvalue weighted by Crippen LogP contribution is -2.39. The summed E-state index contributed by atoms with van der Waals surface area (Å²) in [5.74, 6) is -0.904. The molecule has 2 N–H and O–H groups in total. The van der Waals surface area contributed by atoms with Crippen LogP contribution in [-0.2, 0) is 6.42 Å². The normalized spacial score (nSPS) is 17.1. The molecule has 6 heteroatoms. The number of benzene rings is 1. The molecule has 1 saturated heterocycles. The zero-order valence-corrected chi connectivity index (χ0v) is 14.7. The van der Waals surface area contributed by atoms with E-state index in [0.717, 1.165) is 24.1 Å². The van der Waals surface area contributed by atoms with Crippen LogP contribution in [0.2, 0.25) is 0 Å². The Bertz CT molecular complexity index is 870. The molecular weight excluding hydrogens is 332 g/mol. The second-order valence-electron chi connectivity index (χ2n) is 6.63. The van der Waals surface area contributed by atoms with E-state index in [0.29, 0.717) is 25.1 Å². The Balaban J connectivity index is 1.77. The highest BCUT2D eigenvalue weighted by molar-refractivity contribution is 5.94. The molecule has 1 amide bonds. The molecule has 0 spiro atoms. The van der Waals surface area contributed by atoms with Crippen LogP contribution in [0.25, 0.3) is 0 Å². The number of nitrogens with one attached hydrogen (secondary N) is 1. The van der Waals surface area contributed by atoms with Crippen molar-refractivity contribution in [3.8, 4) is 0 Å². The van der Waals surface area contributed by atoms with E-state index in [9.17, 15) is 14.4 Å². The third kappa shape index (κ3) is 3.85. The molecule has 1 unspecified atom stereocenters. The molecule has 136 valence electrons. The minimum atomic E-state index is -0.946. The van der Waals surface area contributed by atoms with Gasteiger partial charge in [-0.1, -0.05) is 19.1 Å². The largest absolute Gasteiger partial charge is 0.478 e. The van der Waals surface area contributed by atoms with Gasteiger partial charge in [0, 0.05) is 36.3 Å². The van der Waals surface area contributed by atoms with Gasteiger partial charge in [0.05, 0.1) is 5.56 Å². The molecule has 26 heavy (non-hydrogen) atoms. The second kappa shape index (κ2) is 7.56. The third-order valence-corrected chi connectivity index (χ3v) is 4.87. The summed E-state index contributed by atoms with van der Waals surface area (Å²) in [5, 5.41) is 9.01. The highest BCUT2D eigenvalue weighted by Gasteiger charge is 2.26. The molecule has 1 aromatic heterocycles. The topological polar surface area (TPSA) is 90.5 Å². The van der Waals surface area contributed by atoms with E-state index >= 15 is 0 Å². The van der Waals surface area contributed by atoms with Gasteiger partial charge in [0.1, 0.15) is 0 Å². The molecule has 3 rings (SSSR count). The van der Waals surface area contributed by atoms with E-state index in [1.54, 1.807) is 23.1 Å². The molecule has 0 bridgehead atoms. The number of likely N-dealkylation sites (tertiary alicyclic amines) is 1. The second-order valence-corrected chi connectivity index (χ2v) is 6.63. The van der Waals surface area contributed by atoms with Gasteiger partial charge < -0.3 is 15.0 Å². The summed E-state index contributed by atoms with van der Waals surface area (Å²) in [5.41, 5.74) is 2.21. The molecule has 0 saturated carbocycles. The fourth-order valence-electron chi connectivity index (χ4n) is 3.43. The Hall–Kier alpha value is -2.89. The minimum absolute atomic E-state index is 0.127. The van der Waals surface area contributed by atoms with Crippen molar-refractivity contribution in [3.63, 3.8) is 0 Å². The van der Waals surface area contributed by atoms with E-state index in [-0.39, 0.29) is 22.9 Å². The number of carboxylic acid groups (broad SMARTS) is 1. The predicted octanol–water partition coefficient (Wildman–Crippen LogP) is 2.66. The number of pyridine rings is 1. The first kappa shape index (κ1) is 17.9. The van der Waals surface area contributed by atoms with Crippen molar-refractivity contribution in [2.24, 2.45) is 0 Å². The Morgan fingerprint density at radius 2 is 1.92 bits per heavy atom. The first-order valence-electron chi connectivity index (χ1n) is 8.83. The van der Waals surface area contributed by atoms with E-state index in [1.165, 1.54) is 6.07 Å². The number of nitrogens with zero attached hydrogens (tertiary/aromatic N) is 1. The quantitative estimate of drug-likeness (QED) is 0.883. The third-order valence-electron chi connectivity index (χ3n) is 4.87. The Kier molecular flexibility index (Phi) is 5.21. The van der Waals surface area contributed by atoms with Crippen LogP contribution < -0.4 is 5.56 Å². The summed E-state index contributed by atoms with van der Waals surface area (Å²) in [6.07, 6.45) is 2.49. The highest BCUT2D eigenvalue weighted by Crippen LogP contribution is 2.28. The predicted molar refractivity (Wildman–Crippen MR) is 97.7 cm³/mol. The fraction of sp³-hybridized carbons (Fsp3) is 0.350. The lowest BCUT2D eigenvalue weighted by atomic mass is 9.90. The number of carbonyl (C=O) groups is 2. The van der Waals surface area contributed by atoms with Gasteiger partial charge in [-0.05, 0) is 43.0 Å². The van der Waals surface area contributed by atoms with Crippen molar-refractivity contribution in [2.75, 3.05) is 13.1 Å². The number of aromatic nitrogens is 1. The summed E-state index contributed by atoms with van der Waals surface area (Å²) >= 11 is 0. The molecule has 2 heterocycles. The molecule has 0 radical (unpaired) electrons. The van der Waals surface area contributed by atoms with E-state index < -0.39 is 5.97 Å². The van der Waals surface area contributed by atoms with Crippen molar-refractivity contribution in [3.05, 3.63) is 69.1 Å². The Morgan fingerprint density at radius 3 is 2.58 bits per heavy atom. The number of aryl methyl sites for hydroxylation is 1. The maximum Gasteiger partial charge on any atom is 0.335 e. The summed E-state index contributed by atoms with van der Waals surface area (Å²) in [7, 11) is 0. The summed E-state index contributed by atoms with van der Waals surface area (Å²) in [4.78, 5) is 40.1. The molecular formula is C20H22N2O4. The van der Waals surface area contributed by atoms with Gasteiger partial charge in [-0.25, -0.2) is 4.79 Å². The molecule has 6 nitrogen and oxygen atoms in total. The minimum Gasteiger partial charge on any atom is -0.478 e. The maximum atomic E-state index is 12.8. The number of carboxylic acids is 1. The molecule has 1 aliphatic heterocycles. The van der Waals surface area contributed by atoms with Gasteiger partial charge >= 0.3 is 5.97 Å². The highest BCUT2D eigenvalue weighted by atomic mass is 16.4. The van der Waals surface area contributed by atoms with Crippen LogP contribution in [0.3, 0.4) is 0 Å². The van der Waals surface area contributed by atoms with Crippen molar-refractivity contribution in [2.45, 2.75) is 32.1 Å². The lowest BCUT2D eigenvalue weighted by Gasteiger charge is -2.33. The molecule has 1 aromatic carbocycles. The first-order chi connectivity index (χ1) is 12.5. The average Bonchev–Trinajstić information content (AvgIpc) is 2.67. The van der Waals surface area contributed by atoms with E-state index in [4.69, 9.17) is 5.11 Å². The SMILES string of the molecule is CCc1cc(C(=O)N2CCCC(c3ccc(C(=O)O)cc3)C2)cc(=O)[nH]1. The number of carbonyl (C=O) groups excluding carboxylic acids is 1. The number of hydrogen-bond acceptors (Lipinski definition) is 3. The molecule has 0 aliphatic carbocycles. The molecule has 1 atom stereocenters. The number of amides is 1. The summed E-state index contributed by atoms with van der Waals surface area (Å²) < 4.78 is 0. The zero-order valence-electron chi connectivity index (χ0n) is 14.7. The number of H-pyrrole nitrogens is 1. The first-order valence-corrected chi connectivity index (χ1v) is 8.83. The van der Waals surface area contributed by atoms with Crippen LogP contribution in [0.15, 0.2) is 41.2 Å². The zero-order chi connectivity index (χ0) is 18.7. The van der Waals surface area contributed by atoms with Crippen molar-refractivity contribution in [1.29, 1.82) is 0 Å². The van der Waals surface area contributed by atoms with Crippen molar-refractivity contribution < 1.29 is 14.7 Å². The molecule has 1 fully saturated rings. The van der Waals surface area contributed by atoms with Crippen LogP contribution in [0.1, 0.15) is 57.7 Å². The van der Waals surface area contributed by atoms with Crippen LogP contribution in [-0.4, -0.2) is 40.0 Å². The van der Waals surface area contributed by atoms with Crippen molar-refractivity contribution in [1.82, 2.24) is 9.88 Å². The van der Waals surface area contributed by atoms with Crippen molar-refractivity contribution >= 4 is 11.9 Å². The van der Waals surface area contributed by atoms with Crippen LogP contribution in [0, 0.1) is 0 Å². The summed E-state index contributed by atoms with van der Waals surface area (Å²) in [6, 6.07) is 9.95. The standard InChI is InChI=1S/C20H22N2O4/c1-2-17-10-16(11-18(23)21-17)19(24)22-9-3-4-15(12-22)13-5-7-14(8-6-13)20(25)26/h5-8,10-11,15H,2-4,9,12H2,1H3,(H,21,23)(H,25,26). The smallest absolute Gasteiger partial charge is 0.335 e. The Morgan fingerprint density at radius 1 is 1.19 bits per heavy atom. The van der Waals surface area contributed by atoms with Gasteiger partial charge in [0.15, 0.2) is 0 Å². The van der Waals surface area contributed by atoms with Crippen LogP contribution in [0.5, 0.6) is 0 Å². The molecule has 2 aromatic rings. The van der Waals surface area contributed by atoms with Gasteiger partial charge in [0.25, 0.3) is 5.91 Å². The fourth-order valence-corrected chi connectivity index (χ4v) is 3.43. The monoisotopic (exact) mass is 354 g/mol. The number of hydrogen-bond donors (Lipinski definition) is 2. The Labute approximate surface area is 151 Å². The maximum absolute atomic E-state index is 12.8. The number of aromatic amines is 1.